The van der Waals surface area contributed by atoms with Gasteiger partial charge in [0.05, 0.1) is 17.3 Å². The number of anilines is 1. The van der Waals surface area contributed by atoms with Gasteiger partial charge in [0.2, 0.25) is 0 Å². The van der Waals surface area contributed by atoms with Crippen LogP contribution in [0.2, 0.25) is 5.02 Å². The maximum absolute atomic E-state index is 9.21. The highest BCUT2D eigenvalue weighted by Gasteiger charge is 2.20. The van der Waals surface area contributed by atoms with Crippen LogP contribution in [0, 0.1) is 11.3 Å². The highest BCUT2D eigenvalue weighted by Crippen LogP contribution is 2.31. The van der Waals surface area contributed by atoms with Crippen molar-refractivity contribution in [1.29, 1.82) is 5.26 Å². The van der Waals surface area contributed by atoms with E-state index in [2.05, 4.69) is 6.07 Å². The number of nitrogens with two attached hydrogens (primary N) is 1. The second-order valence-corrected chi connectivity index (χ2v) is 4.92. The van der Waals surface area contributed by atoms with Crippen LogP contribution in [0.1, 0.15) is 17.2 Å². The lowest BCUT2D eigenvalue weighted by atomic mass is 10.0. The predicted octanol–water partition coefficient (Wildman–Crippen LogP) is 3.35. The molecule has 0 heterocycles. The molecule has 0 radical (unpaired) electrons. The van der Waals surface area contributed by atoms with Gasteiger partial charge < -0.3 is 10.6 Å². The van der Waals surface area contributed by atoms with Gasteiger partial charge in [0.15, 0.2) is 0 Å². The zero-order valence-electron chi connectivity index (χ0n) is 11.3. The Morgan fingerprint density at radius 1 is 1.20 bits per heavy atom. The zero-order chi connectivity index (χ0) is 14.5. The van der Waals surface area contributed by atoms with Crippen LogP contribution in [-0.4, -0.2) is 13.6 Å². The van der Waals surface area contributed by atoms with Crippen molar-refractivity contribution in [3.05, 3.63) is 64.7 Å². The van der Waals surface area contributed by atoms with E-state index in [1.54, 1.807) is 6.07 Å². The van der Waals surface area contributed by atoms with E-state index in [1.165, 1.54) is 0 Å². The number of likely N-dealkylation sites (N-methyl/N-ethyl adjacent to an activating group) is 1. The van der Waals surface area contributed by atoms with E-state index in [0.29, 0.717) is 17.1 Å². The third kappa shape index (κ3) is 2.77. The molecule has 0 aliphatic heterocycles. The van der Waals surface area contributed by atoms with Crippen molar-refractivity contribution >= 4 is 17.3 Å². The van der Waals surface area contributed by atoms with E-state index in [0.717, 1.165) is 11.3 Å². The predicted molar refractivity (Wildman–Crippen MR) is 82.8 cm³/mol. The monoisotopic (exact) mass is 285 g/mol. The van der Waals surface area contributed by atoms with Crippen molar-refractivity contribution in [2.24, 2.45) is 5.73 Å². The molecule has 20 heavy (non-hydrogen) atoms. The molecule has 0 spiro atoms. The molecule has 2 aromatic carbocycles. The Morgan fingerprint density at radius 2 is 1.85 bits per heavy atom. The summed E-state index contributed by atoms with van der Waals surface area (Å²) in [5.41, 5.74) is 8.36. The molecule has 0 amide bonds. The minimum Gasteiger partial charge on any atom is -0.365 e. The number of nitriles is 1. The molecule has 0 aromatic heterocycles. The third-order valence-electron chi connectivity index (χ3n) is 3.36. The van der Waals surface area contributed by atoms with Crippen LogP contribution >= 0.6 is 11.6 Å². The van der Waals surface area contributed by atoms with E-state index >= 15 is 0 Å². The first kappa shape index (κ1) is 14.4. The SMILES string of the molecule is CN(c1ccccc1C#N)C(CN)c1ccccc1Cl. The van der Waals surface area contributed by atoms with Crippen LogP contribution in [0.5, 0.6) is 0 Å². The highest BCUT2D eigenvalue weighted by atomic mass is 35.5. The van der Waals surface area contributed by atoms with Gasteiger partial charge >= 0.3 is 0 Å². The average molecular weight is 286 g/mol. The Hall–Kier alpha value is -2.02. The minimum atomic E-state index is -0.0711. The van der Waals surface area contributed by atoms with E-state index in [1.807, 2.05) is 54.4 Å². The van der Waals surface area contributed by atoms with Crippen LogP contribution in [0.25, 0.3) is 0 Å². The van der Waals surface area contributed by atoms with Gasteiger partial charge in [0.1, 0.15) is 6.07 Å². The molecule has 0 fully saturated rings. The maximum Gasteiger partial charge on any atom is 0.101 e. The third-order valence-corrected chi connectivity index (χ3v) is 3.70. The molecule has 2 N–H and O–H groups in total. The second kappa shape index (κ2) is 6.42. The largest absolute Gasteiger partial charge is 0.365 e. The molecule has 0 saturated heterocycles. The van der Waals surface area contributed by atoms with Crippen molar-refractivity contribution < 1.29 is 0 Å². The fourth-order valence-corrected chi connectivity index (χ4v) is 2.54. The van der Waals surface area contributed by atoms with Gasteiger partial charge in [-0.2, -0.15) is 5.26 Å². The van der Waals surface area contributed by atoms with Crippen molar-refractivity contribution in [3.63, 3.8) is 0 Å². The fraction of sp³-hybridized carbons (Fsp3) is 0.188. The van der Waals surface area contributed by atoms with Crippen LogP contribution < -0.4 is 10.6 Å². The molecule has 0 aliphatic rings. The summed E-state index contributed by atoms with van der Waals surface area (Å²) in [5, 5.41) is 9.90. The quantitative estimate of drug-likeness (QED) is 0.937. The zero-order valence-corrected chi connectivity index (χ0v) is 12.0. The summed E-state index contributed by atoms with van der Waals surface area (Å²) in [6.07, 6.45) is 0. The molecule has 2 rings (SSSR count). The van der Waals surface area contributed by atoms with Crippen molar-refractivity contribution in [2.75, 3.05) is 18.5 Å². The molecule has 0 aliphatic carbocycles. The Morgan fingerprint density at radius 3 is 2.50 bits per heavy atom. The second-order valence-electron chi connectivity index (χ2n) is 4.51. The van der Waals surface area contributed by atoms with Gasteiger partial charge in [0, 0.05) is 18.6 Å². The standard InChI is InChI=1S/C16H16ClN3/c1-20(15-9-5-2-6-12(15)10-18)16(11-19)13-7-3-4-8-14(13)17/h2-9,16H,11,19H2,1H3. The smallest absolute Gasteiger partial charge is 0.101 e. The van der Waals surface area contributed by atoms with Crippen molar-refractivity contribution in [1.82, 2.24) is 0 Å². The van der Waals surface area contributed by atoms with E-state index in [9.17, 15) is 5.26 Å². The van der Waals surface area contributed by atoms with Gasteiger partial charge in [-0.25, -0.2) is 0 Å². The lowest BCUT2D eigenvalue weighted by Gasteiger charge is -2.30. The normalized spacial score (nSPS) is 11.7. The molecule has 2 aromatic rings. The molecule has 1 atom stereocenters. The molecule has 1 unspecified atom stereocenters. The molecular formula is C16H16ClN3. The van der Waals surface area contributed by atoms with Gasteiger partial charge in [-0.05, 0) is 23.8 Å². The van der Waals surface area contributed by atoms with Crippen molar-refractivity contribution in [2.45, 2.75) is 6.04 Å². The number of benzene rings is 2. The van der Waals surface area contributed by atoms with E-state index < -0.39 is 0 Å². The van der Waals surface area contributed by atoms with Gasteiger partial charge in [-0.3, -0.25) is 0 Å². The van der Waals surface area contributed by atoms with E-state index in [4.69, 9.17) is 17.3 Å². The molecule has 102 valence electrons. The summed E-state index contributed by atoms with van der Waals surface area (Å²) in [6.45, 7) is 0.417. The summed E-state index contributed by atoms with van der Waals surface area (Å²) in [4.78, 5) is 2.00. The number of halogens is 1. The lowest BCUT2D eigenvalue weighted by molar-refractivity contribution is 0.680. The first-order valence-corrected chi connectivity index (χ1v) is 6.73. The number of hydrogen-bond acceptors (Lipinski definition) is 3. The number of rotatable bonds is 4. The summed E-state index contributed by atoms with van der Waals surface area (Å²) in [7, 11) is 1.93. The molecule has 0 bridgehead atoms. The molecule has 4 heteroatoms. The number of nitrogens with zero attached hydrogens (tertiary/aromatic N) is 2. The Kier molecular flexibility index (Phi) is 4.62. The Bertz CT molecular complexity index is 634. The number of hydrogen-bond donors (Lipinski definition) is 1. The first-order chi connectivity index (χ1) is 9.69. The fourth-order valence-electron chi connectivity index (χ4n) is 2.28. The maximum atomic E-state index is 9.21. The highest BCUT2D eigenvalue weighted by molar-refractivity contribution is 6.31. The summed E-state index contributed by atoms with van der Waals surface area (Å²) < 4.78 is 0. The summed E-state index contributed by atoms with van der Waals surface area (Å²) in [5.74, 6) is 0. The lowest BCUT2D eigenvalue weighted by Crippen LogP contribution is -2.31. The molecular weight excluding hydrogens is 270 g/mol. The van der Waals surface area contributed by atoms with Gasteiger partial charge in [-0.15, -0.1) is 0 Å². The van der Waals surface area contributed by atoms with Crippen LogP contribution in [-0.2, 0) is 0 Å². The Balaban J connectivity index is 2.42. The van der Waals surface area contributed by atoms with Crippen LogP contribution in [0.3, 0.4) is 0 Å². The van der Waals surface area contributed by atoms with Gasteiger partial charge in [0.25, 0.3) is 0 Å². The van der Waals surface area contributed by atoms with Crippen LogP contribution in [0.4, 0.5) is 5.69 Å². The number of para-hydroxylation sites is 1. The van der Waals surface area contributed by atoms with Crippen LogP contribution in [0.15, 0.2) is 48.5 Å². The molecule has 3 nitrogen and oxygen atoms in total. The minimum absolute atomic E-state index is 0.0711. The first-order valence-electron chi connectivity index (χ1n) is 6.35. The van der Waals surface area contributed by atoms with Crippen molar-refractivity contribution in [3.8, 4) is 6.07 Å². The van der Waals surface area contributed by atoms with E-state index in [-0.39, 0.29) is 6.04 Å². The summed E-state index contributed by atoms with van der Waals surface area (Å²) >= 11 is 6.26. The Labute approximate surface area is 124 Å². The topological polar surface area (TPSA) is 53.0 Å². The molecule has 0 saturated carbocycles. The average Bonchev–Trinajstić information content (AvgIpc) is 2.49. The van der Waals surface area contributed by atoms with Gasteiger partial charge in [-0.1, -0.05) is 41.9 Å². The summed E-state index contributed by atoms with van der Waals surface area (Å²) in [6, 6.07) is 17.3.